The van der Waals surface area contributed by atoms with Gasteiger partial charge in [-0.1, -0.05) is 20.4 Å². The van der Waals surface area contributed by atoms with Crippen LogP contribution in [-0.4, -0.2) is 4.57 Å². The Balaban J connectivity index is 2.24. The molecule has 0 bridgehead atoms. The lowest BCUT2D eigenvalue weighted by Crippen LogP contribution is -2.28. The van der Waals surface area contributed by atoms with Gasteiger partial charge in [0, 0.05) is 30.0 Å². The van der Waals surface area contributed by atoms with Gasteiger partial charge in [-0.15, -0.1) is 0 Å². The highest BCUT2D eigenvalue weighted by molar-refractivity contribution is 5.28. The van der Waals surface area contributed by atoms with Crippen LogP contribution < -0.4 is 10.9 Å². The molecular weight excluding hydrogens is 224 g/mol. The maximum Gasteiger partial charge on any atom is 0.256 e. The first-order chi connectivity index (χ1) is 8.50. The van der Waals surface area contributed by atoms with Gasteiger partial charge >= 0.3 is 0 Å². The molecule has 0 saturated carbocycles. The molecule has 0 amide bonds. The molecule has 1 aromatic heterocycles. The number of nitrogens with one attached hydrogen (secondary N) is 1. The summed E-state index contributed by atoms with van der Waals surface area (Å²) in [6, 6.07) is 2.16. The average molecular weight is 246 g/mol. The Kier molecular flexibility index (Phi) is 3.60. The fourth-order valence-corrected chi connectivity index (χ4v) is 2.37. The van der Waals surface area contributed by atoms with Crippen LogP contribution in [0.2, 0.25) is 0 Å². The van der Waals surface area contributed by atoms with E-state index in [9.17, 15) is 4.79 Å². The smallest absolute Gasteiger partial charge is 0.256 e. The third-order valence-electron chi connectivity index (χ3n) is 3.71. The van der Waals surface area contributed by atoms with Gasteiger partial charge in [0.05, 0.1) is 0 Å². The fourth-order valence-electron chi connectivity index (χ4n) is 2.37. The largest absolute Gasteiger partial charge is 0.384 e. The van der Waals surface area contributed by atoms with Gasteiger partial charge in [0.25, 0.3) is 5.56 Å². The summed E-state index contributed by atoms with van der Waals surface area (Å²) in [5.41, 5.74) is 4.31. The lowest BCUT2D eigenvalue weighted by Gasteiger charge is -2.15. The second kappa shape index (κ2) is 5.01. The highest BCUT2D eigenvalue weighted by atomic mass is 16.1. The van der Waals surface area contributed by atoms with E-state index in [-0.39, 0.29) is 5.56 Å². The Labute approximate surface area is 109 Å². The second-order valence-electron chi connectivity index (χ2n) is 5.39. The molecule has 0 fully saturated rings. The number of nitrogens with zero attached hydrogens (tertiary/aromatic N) is 1. The monoisotopic (exact) mass is 246 g/mol. The van der Waals surface area contributed by atoms with Crippen LogP contribution in [0.3, 0.4) is 0 Å². The van der Waals surface area contributed by atoms with E-state index in [1.807, 2.05) is 11.5 Å². The van der Waals surface area contributed by atoms with Crippen LogP contribution >= 0.6 is 0 Å². The maximum atomic E-state index is 12.4. The maximum absolute atomic E-state index is 12.4. The summed E-state index contributed by atoms with van der Waals surface area (Å²) in [6.45, 7) is 11.6. The molecule has 18 heavy (non-hydrogen) atoms. The van der Waals surface area contributed by atoms with Gasteiger partial charge in [0.15, 0.2) is 0 Å². The van der Waals surface area contributed by atoms with E-state index < -0.39 is 0 Å². The van der Waals surface area contributed by atoms with Crippen LogP contribution in [0.1, 0.15) is 37.1 Å². The topological polar surface area (TPSA) is 34.0 Å². The molecule has 1 aliphatic rings. The van der Waals surface area contributed by atoms with Gasteiger partial charge in [-0.3, -0.25) is 4.79 Å². The van der Waals surface area contributed by atoms with E-state index in [1.54, 1.807) is 0 Å². The third kappa shape index (κ3) is 2.35. The average Bonchev–Trinajstić information content (AvgIpc) is 2.76. The lowest BCUT2D eigenvalue weighted by molar-refractivity contribution is 0.641. The van der Waals surface area contributed by atoms with E-state index >= 15 is 0 Å². The van der Waals surface area contributed by atoms with Crippen molar-refractivity contribution in [1.82, 2.24) is 9.88 Å². The molecule has 1 aromatic rings. The molecule has 0 spiro atoms. The fraction of sp³-hybridized carbons (Fsp3) is 0.533. The van der Waals surface area contributed by atoms with Crippen LogP contribution in [-0.2, 0) is 19.5 Å². The predicted molar refractivity (Wildman–Crippen MR) is 74.6 cm³/mol. The van der Waals surface area contributed by atoms with Gasteiger partial charge in [0.1, 0.15) is 0 Å². The quantitative estimate of drug-likeness (QED) is 0.885. The van der Waals surface area contributed by atoms with Crippen molar-refractivity contribution < 1.29 is 0 Å². The van der Waals surface area contributed by atoms with Crippen molar-refractivity contribution in [3.8, 4) is 0 Å². The third-order valence-corrected chi connectivity index (χ3v) is 3.71. The number of aryl methyl sites for hydroxylation is 2. The Morgan fingerprint density at radius 3 is 2.94 bits per heavy atom. The number of pyridine rings is 1. The van der Waals surface area contributed by atoms with Crippen molar-refractivity contribution in [3.05, 3.63) is 45.5 Å². The number of hydrogen-bond acceptors (Lipinski definition) is 2. The molecule has 1 aliphatic heterocycles. The molecule has 2 rings (SSSR count). The van der Waals surface area contributed by atoms with Crippen molar-refractivity contribution in [3.63, 3.8) is 0 Å². The van der Waals surface area contributed by atoms with Crippen molar-refractivity contribution in [2.75, 3.05) is 0 Å². The second-order valence-corrected chi connectivity index (χ2v) is 5.39. The predicted octanol–water partition coefficient (Wildman–Crippen LogP) is 2.36. The molecule has 1 N–H and O–H groups in total. The van der Waals surface area contributed by atoms with Gasteiger partial charge in [-0.25, -0.2) is 0 Å². The van der Waals surface area contributed by atoms with E-state index in [4.69, 9.17) is 0 Å². The standard InChI is InChI=1S/C15H22N2O/c1-10(2)12(4)16-9-14-11(3)8-13-6-5-7-17(13)15(14)18/h8,10,16H,4-7,9H2,1-3H3. The van der Waals surface area contributed by atoms with Crippen molar-refractivity contribution in [2.45, 2.75) is 46.7 Å². The Bertz CT molecular complexity index is 526. The highest BCUT2D eigenvalue weighted by Gasteiger charge is 2.16. The SMILES string of the molecule is C=C(NCc1c(C)cc2n(c1=O)CCC2)C(C)C. The molecule has 2 heterocycles. The number of allylic oxidation sites excluding steroid dienone is 1. The van der Waals surface area contributed by atoms with Crippen LogP contribution in [0.15, 0.2) is 23.1 Å². The number of rotatable bonds is 4. The Hall–Kier alpha value is -1.51. The van der Waals surface area contributed by atoms with E-state index in [0.29, 0.717) is 12.5 Å². The van der Waals surface area contributed by atoms with Crippen LogP contribution in [0, 0.1) is 12.8 Å². The lowest BCUT2D eigenvalue weighted by atomic mass is 10.1. The van der Waals surface area contributed by atoms with E-state index in [2.05, 4.69) is 31.8 Å². The summed E-state index contributed by atoms with van der Waals surface area (Å²) in [7, 11) is 0. The highest BCUT2D eigenvalue weighted by Crippen LogP contribution is 2.15. The summed E-state index contributed by atoms with van der Waals surface area (Å²) in [5.74, 6) is 0.391. The van der Waals surface area contributed by atoms with Crippen molar-refractivity contribution in [1.29, 1.82) is 0 Å². The number of hydrogen-bond donors (Lipinski definition) is 1. The molecule has 0 aromatic carbocycles. The summed E-state index contributed by atoms with van der Waals surface area (Å²) >= 11 is 0. The van der Waals surface area contributed by atoms with Gasteiger partial charge < -0.3 is 9.88 Å². The van der Waals surface area contributed by atoms with Crippen LogP contribution in [0.4, 0.5) is 0 Å². The zero-order chi connectivity index (χ0) is 13.3. The van der Waals surface area contributed by atoms with Gasteiger partial charge in [-0.2, -0.15) is 0 Å². The van der Waals surface area contributed by atoms with Crippen LogP contribution in [0.5, 0.6) is 0 Å². The molecular formula is C15H22N2O. The number of aromatic nitrogens is 1. The zero-order valence-electron chi connectivity index (χ0n) is 11.5. The van der Waals surface area contributed by atoms with E-state index in [1.165, 1.54) is 5.69 Å². The first kappa shape index (κ1) is 12.9. The molecule has 0 atom stereocenters. The molecule has 0 unspecified atom stereocenters. The first-order valence-electron chi connectivity index (χ1n) is 6.65. The molecule has 0 aliphatic carbocycles. The minimum atomic E-state index is 0.173. The zero-order valence-corrected chi connectivity index (χ0v) is 11.5. The van der Waals surface area contributed by atoms with E-state index in [0.717, 1.165) is 36.2 Å². The summed E-state index contributed by atoms with van der Waals surface area (Å²) < 4.78 is 1.92. The van der Waals surface area contributed by atoms with Gasteiger partial charge in [-0.05, 0) is 37.3 Å². The summed E-state index contributed by atoms with van der Waals surface area (Å²) in [6.07, 6.45) is 2.12. The summed E-state index contributed by atoms with van der Waals surface area (Å²) in [5, 5.41) is 3.26. The van der Waals surface area contributed by atoms with Gasteiger partial charge in [0.2, 0.25) is 0 Å². The molecule has 98 valence electrons. The van der Waals surface area contributed by atoms with Crippen molar-refractivity contribution in [2.24, 2.45) is 5.92 Å². The molecule has 0 radical (unpaired) electrons. The Morgan fingerprint density at radius 2 is 2.28 bits per heavy atom. The number of fused-ring (bicyclic) bond motifs is 1. The minimum absolute atomic E-state index is 0.173. The Morgan fingerprint density at radius 1 is 1.56 bits per heavy atom. The minimum Gasteiger partial charge on any atom is -0.384 e. The van der Waals surface area contributed by atoms with Crippen LogP contribution in [0.25, 0.3) is 0 Å². The van der Waals surface area contributed by atoms with Crippen molar-refractivity contribution >= 4 is 0 Å². The molecule has 0 saturated heterocycles. The summed E-state index contributed by atoms with van der Waals surface area (Å²) in [4.78, 5) is 12.4. The first-order valence-corrected chi connectivity index (χ1v) is 6.65. The molecule has 3 nitrogen and oxygen atoms in total. The normalized spacial score (nSPS) is 13.8. The molecule has 3 heteroatoms.